The molecule has 10 nitrogen and oxygen atoms in total. The first-order valence-corrected chi connectivity index (χ1v) is 15.3. The van der Waals surface area contributed by atoms with E-state index in [9.17, 15) is 14.7 Å². The molecule has 1 unspecified atom stereocenters. The number of esters is 1. The molecule has 2 heterocycles. The van der Waals surface area contributed by atoms with Gasteiger partial charge in [-0.2, -0.15) is 0 Å². The molecule has 1 amide bonds. The van der Waals surface area contributed by atoms with Crippen LogP contribution in [0.3, 0.4) is 0 Å². The van der Waals surface area contributed by atoms with E-state index in [1.807, 2.05) is 67.6 Å². The topological polar surface area (TPSA) is 113 Å². The molecule has 230 valence electrons. The van der Waals surface area contributed by atoms with Gasteiger partial charge in [0.2, 0.25) is 0 Å². The number of carbonyl (C=O) groups excluding carboxylic acids is 2. The number of amides is 1. The molecule has 42 heavy (non-hydrogen) atoms. The Labute approximate surface area is 251 Å². The third-order valence-corrected chi connectivity index (χ3v) is 8.17. The van der Waals surface area contributed by atoms with Crippen LogP contribution in [0.25, 0.3) is 0 Å². The summed E-state index contributed by atoms with van der Waals surface area (Å²) < 4.78 is 34.5. The van der Waals surface area contributed by atoms with Crippen LogP contribution >= 0.6 is 11.8 Å². The second kappa shape index (κ2) is 14.7. The van der Waals surface area contributed by atoms with Crippen LogP contribution in [0.5, 0.6) is 0 Å². The molecule has 0 spiro atoms. The number of carbonyl (C=O) groups is 2. The van der Waals surface area contributed by atoms with Crippen molar-refractivity contribution in [2.45, 2.75) is 70.2 Å². The Bertz CT molecular complexity index is 1150. The zero-order chi connectivity index (χ0) is 30.2. The standard InChI is InChI=1S/C31H41NO9S/c1-22-17-31(28(34)36-4,41-27(26(22)33)25-20-39-30(2,3)40-25)38-15-16-42-21-32(18-23-11-7-5-8-12-23)29(35)37-19-24-13-9-6-10-14-24/h5-14,22,25-27,33H,15-21H2,1-4H3/t22-,25-,26-,27?,31-/m1/s1. The van der Waals surface area contributed by atoms with E-state index in [0.29, 0.717) is 18.2 Å². The van der Waals surface area contributed by atoms with Gasteiger partial charge in [-0.3, -0.25) is 4.90 Å². The molecule has 0 radical (unpaired) electrons. The number of hydrogen-bond donors (Lipinski definition) is 1. The number of aliphatic hydroxyl groups excluding tert-OH is 1. The van der Waals surface area contributed by atoms with Gasteiger partial charge in [0.25, 0.3) is 5.79 Å². The van der Waals surface area contributed by atoms with Crippen molar-refractivity contribution in [3.63, 3.8) is 0 Å². The van der Waals surface area contributed by atoms with Crippen LogP contribution in [0.15, 0.2) is 60.7 Å². The Balaban J connectivity index is 1.35. The first-order valence-electron chi connectivity index (χ1n) is 14.1. The molecule has 0 bridgehead atoms. The lowest BCUT2D eigenvalue weighted by atomic mass is 9.86. The molecule has 2 aromatic rings. The minimum Gasteiger partial charge on any atom is -0.465 e. The molecular formula is C31H41NO9S. The molecule has 2 aliphatic rings. The molecule has 0 aromatic heterocycles. The van der Waals surface area contributed by atoms with Crippen LogP contribution in [-0.2, 0) is 46.4 Å². The van der Waals surface area contributed by atoms with Crippen molar-refractivity contribution < 1.29 is 43.1 Å². The number of hydrogen-bond acceptors (Lipinski definition) is 10. The molecule has 0 aliphatic carbocycles. The molecule has 2 aliphatic heterocycles. The summed E-state index contributed by atoms with van der Waals surface area (Å²) in [6, 6.07) is 19.2. The minimum atomic E-state index is -1.70. The van der Waals surface area contributed by atoms with Crippen molar-refractivity contribution >= 4 is 23.8 Å². The number of aliphatic hydroxyl groups is 1. The highest BCUT2D eigenvalue weighted by Crippen LogP contribution is 2.39. The highest BCUT2D eigenvalue weighted by atomic mass is 32.2. The van der Waals surface area contributed by atoms with Crippen molar-refractivity contribution in [3.05, 3.63) is 71.8 Å². The fraction of sp³-hybridized carbons (Fsp3) is 0.548. The number of nitrogens with zero attached hydrogens (tertiary/aromatic N) is 1. The predicted molar refractivity (Wildman–Crippen MR) is 156 cm³/mol. The van der Waals surface area contributed by atoms with Crippen LogP contribution < -0.4 is 0 Å². The van der Waals surface area contributed by atoms with Gasteiger partial charge < -0.3 is 33.5 Å². The summed E-state index contributed by atoms with van der Waals surface area (Å²) in [5.74, 6) is -2.73. The molecule has 4 rings (SSSR count). The number of ether oxygens (including phenoxy) is 6. The van der Waals surface area contributed by atoms with E-state index < -0.39 is 41.9 Å². The summed E-state index contributed by atoms with van der Waals surface area (Å²) in [5, 5.41) is 10.9. The van der Waals surface area contributed by atoms with Gasteiger partial charge in [-0.05, 0) is 30.9 Å². The second-order valence-electron chi connectivity index (χ2n) is 11.0. The first-order chi connectivity index (χ1) is 20.1. The second-order valence-corrected chi connectivity index (χ2v) is 12.1. The third-order valence-electron chi connectivity index (χ3n) is 7.22. The zero-order valence-corrected chi connectivity index (χ0v) is 25.4. The first kappa shape index (κ1) is 32.2. The van der Waals surface area contributed by atoms with Gasteiger partial charge >= 0.3 is 12.1 Å². The molecule has 2 aromatic carbocycles. The Morgan fingerprint density at radius 3 is 2.33 bits per heavy atom. The molecular weight excluding hydrogens is 562 g/mol. The van der Waals surface area contributed by atoms with E-state index in [1.54, 1.807) is 18.7 Å². The summed E-state index contributed by atoms with van der Waals surface area (Å²) in [5.41, 5.74) is 1.88. The third kappa shape index (κ3) is 8.46. The quantitative estimate of drug-likeness (QED) is 0.214. The predicted octanol–water partition coefficient (Wildman–Crippen LogP) is 4.34. The maximum Gasteiger partial charge on any atom is 0.411 e. The average Bonchev–Trinajstić information content (AvgIpc) is 3.36. The maximum atomic E-state index is 13.0. The van der Waals surface area contributed by atoms with Crippen LogP contribution in [0, 0.1) is 5.92 Å². The molecule has 0 saturated carbocycles. The SMILES string of the molecule is COC(=O)[C@@]1(OCCSCN(Cc2ccccc2)C(=O)OCc2ccccc2)C[C@@H](C)[C@@H](O)C([C@H]2COC(C)(C)O2)O1. The van der Waals surface area contributed by atoms with Crippen molar-refractivity contribution in [1.82, 2.24) is 4.90 Å². The van der Waals surface area contributed by atoms with Gasteiger partial charge in [0.05, 0.1) is 32.3 Å². The van der Waals surface area contributed by atoms with E-state index in [1.165, 1.54) is 18.9 Å². The van der Waals surface area contributed by atoms with E-state index in [4.69, 9.17) is 28.4 Å². The van der Waals surface area contributed by atoms with Gasteiger partial charge in [-0.1, -0.05) is 67.6 Å². The number of benzene rings is 2. The van der Waals surface area contributed by atoms with Crippen molar-refractivity contribution in [2.24, 2.45) is 5.92 Å². The molecule has 11 heteroatoms. The van der Waals surface area contributed by atoms with E-state index in [2.05, 4.69) is 0 Å². The maximum absolute atomic E-state index is 13.0. The summed E-state index contributed by atoms with van der Waals surface area (Å²) in [4.78, 5) is 27.6. The minimum absolute atomic E-state index is 0.116. The smallest absolute Gasteiger partial charge is 0.411 e. The fourth-order valence-corrected chi connectivity index (χ4v) is 5.78. The Kier molecular flexibility index (Phi) is 11.3. The molecule has 1 N–H and O–H groups in total. The van der Waals surface area contributed by atoms with Crippen LogP contribution in [0.4, 0.5) is 4.79 Å². The highest BCUT2D eigenvalue weighted by molar-refractivity contribution is 7.99. The van der Waals surface area contributed by atoms with Crippen molar-refractivity contribution in [3.8, 4) is 0 Å². The van der Waals surface area contributed by atoms with Gasteiger partial charge in [0, 0.05) is 18.7 Å². The van der Waals surface area contributed by atoms with Gasteiger partial charge in [-0.25, -0.2) is 9.59 Å². The summed E-state index contributed by atoms with van der Waals surface area (Å²) >= 11 is 1.46. The largest absolute Gasteiger partial charge is 0.465 e. The lowest BCUT2D eigenvalue weighted by molar-refractivity contribution is -0.317. The summed E-state index contributed by atoms with van der Waals surface area (Å²) in [6.45, 7) is 6.31. The number of rotatable bonds is 12. The number of methoxy groups -OCH3 is 1. The van der Waals surface area contributed by atoms with Crippen LogP contribution in [-0.4, -0.2) is 83.9 Å². The van der Waals surface area contributed by atoms with Gasteiger partial charge in [0.15, 0.2) is 5.79 Å². The highest BCUT2D eigenvalue weighted by Gasteiger charge is 2.56. The summed E-state index contributed by atoms with van der Waals surface area (Å²) in [7, 11) is 1.27. The lowest BCUT2D eigenvalue weighted by Gasteiger charge is -2.45. The Hall–Kier alpha value is -2.67. The molecule has 2 fully saturated rings. The van der Waals surface area contributed by atoms with Gasteiger partial charge in [0.1, 0.15) is 18.8 Å². The fourth-order valence-electron chi connectivity index (χ4n) is 5.04. The van der Waals surface area contributed by atoms with E-state index >= 15 is 0 Å². The Morgan fingerprint density at radius 2 is 1.71 bits per heavy atom. The Morgan fingerprint density at radius 1 is 1.05 bits per heavy atom. The molecule has 5 atom stereocenters. The number of thioether (sulfide) groups is 1. The lowest BCUT2D eigenvalue weighted by Crippen LogP contribution is -2.60. The van der Waals surface area contributed by atoms with Crippen molar-refractivity contribution in [1.29, 1.82) is 0 Å². The zero-order valence-electron chi connectivity index (χ0n) is 24.6. The van der Waals surface area contributed by atoms with E-state index in [0.717, 1.165) is 11.1 Å². The van der Waals surface area contributed by atoms with Crippen molar-refractivity contribution in [2.75, 3.05) is 32.0 Å². The van der Waals surface area contributed by atoms with Crippen LogP contribution in [0.1, 0.15) is 38.3 Å². The van der Waals surface area contributed by atoms with Crippen LogP contribution in [0.2, 0.25) is 0 Å². The monoisotopic (exact) mass is 603 g/mol. The molecule has 2 saturated heterocycles. The van der Waals surface area contributed by atoms with E-state index in [-0.39, 0.29) is 32.2 Å². The normalized spacial score (nSPS) is 26.9. The average molecular weight is 604 g/mol. The summed E-state index contributed by atoms with van der Waals surface area (Å²) in [6.07, 6.45) is -2.61. The van der Waals surface area contributed by atoms with Gasteiger partial charge in [-0.15, -0.1) is 11.8 Å².